The molecule has 0 unspecified atom stereocenters. The molecule has 154 valence electrons. The highest BCUT2D eigenvalue weighted by Gasteiger charge is 2.27. The Hall–Kier alpha value is -2.38. The van der Waals surface area contributed by atoms with Gasteiger partial charge in [0, 0.05) is 50.5 Å². The molecule has 3 heterocycles. The fourth-order valence-electron chi connectivity index (χ4n) is 3.93. The van der Waals surface area contributed by atoms with Crippen molar-refractivity contribution < 1.29 is 9.53 Å². The summed E-state index contributed by atoms with van der Waals surface area (Å²) < 4.78 is 5.40. The number of hydrogen-bond acceptors (Lipinski definition) is 6. The maximum absolute atomic E-state index is 12.9. The molecule has 0 spiro atoms. The van der Waals surface area contributed by atoms with Crippen molar-refractivity contribution in [3.63, 3.8) is 0 Å². The average Bonchev–Trinajstić information content (AvgIpc) is 2.79. The van der Waals surface area contributed by atoms with E-state index in [0.717, 1.165) is 63.5 Å². The Kier molecular flexibility index (Phi) is 6.16. The zero-order valence-corrected chi connectivity index (χ0v) is 17.4. The third-order valence-corrected chi connectivity index (χ3v) is 5.91. The lowest BCUT2D eigenvalue weighted by atomic mass is 10.0. The number of likely N-dealkylation sites (tertiary alicyclic amines) is 1. The van der Waals surface area contributed by atoms with Crippen molar-refractivity contribution in [2.45, 2.75) is 18.9 Å². The van der Waals surface area contributed by atoms with Gasteiger partial charge in [-0.15, -0.1) is 0 Å². The number of hydrogen-bond donors (Lipinski definition) is 0. The minimum atomic E-state index is 0.0994. The van der Waals surface area contributed by atoms with Crippen LogP contribution in [0.15, 0.2) is 36.7 Å². The molecule has 0 aliphatic carbocycles. The van der Waals surface area contributed by atoms with Crippen LogP contribution < -0.4 is 9.80 Å². The predicted molar refractivity (Wildman–Crippen MR) is 114 cm³/mol. The van der Waals surface area contributed by atoms with Crippen molar-refractivity contribution in [1.29, 1.82) is 0 Å². The van der Waals surface area contributed by atoms with Crippen LogP contribution in [0.3, 0.4) is 0 Å². The Morgan fingerprint density at radius 1 is 1.07 bits per heavy atom. The molecule has 0 bridgehead atoms. The van der Waals surface area contributed by atoms with Gasteiger partial charge in [0.15, 0.2) is 0 Å². The van der Waals surface area contributed by atoms with Crippen LogP contribution in [0.25, 0.3) is 0 Å². The molecule has 7 nitrogen and oxygen atoms in total. The summed E-state index contributed by atoms with van der Waals surface area (Å²) in [6.07, 6.45) is 5.00. The molecule has 8 heteroatoms. The molecule has 2 aliphatic rings. The lowest BCUT2D eigenvalue weighted by molar-refractivity contribution is 0.0713. The molecule has 0 N–H and O–H groups in total. The van der Waals surface area contributed by atoms with Gasteiger partial charge in [-0.3, -0.25) is 4.79 Å². The molecule has 1 aromatic heterocycles. The largest absolute Gasteiger partial charge is 0.378 e. The SMILES string of the molecule is CN(c1ncc(Cl)cn1)C1CCN(C(=O)c2ccc(N3CCOCC3)cc2)CC1. The van der Waals surface area contributed by atoms with E-state index in [1.54, 1.807) is 12.4 Å². The van der Waals surface area contributed by atoms with Crippen molar-refractivity contribution in [1.82, 2.24) is 14.9 Å². The van der Waals surface area contributed by atoms with Crippen LogP contribution in [0.4, 0.5) is 11.6 Å². The second kappa shape index (κ2) is 8.97. The number of ether oxygens (including phenoxy) is 1. The van der Waals surface area contributed by atoms with Crippen LogP contribution >= 0.6 is 11.6 Å². The normalized spacial score (nSPS) is 18.0. The molecule has 2 aromatic rings. The van der Waals surface area contributed by atoms with E-state index in [1.165, 1.54) is 0 Å². The van der Waals surface area contributed by atoms with Crippen LogP contribution in [0.2, 0.25) is 5.02 Å². The van der Waals surface area contributed by atoms with Gasteiger partial charge >= 0.3 is 0 Å². The topological polar surface area (TPSA) is 61.8 Å². The first kappa shape index (κ1) is 19.9. The van der Waals surface area contributed by atoms with Crippen molar-refractivity contribution in [3.05, 3.63) is 47.2 Å². The fraction of sp³-hybridized carbons (Fsp3) is 0.476. The van der Waals surface area contributed by atoms with Crippen LogP contribution in [0, 0.1) is 0 Å². The van der Waals surface area contributed by atoms with Crippen LogP contribution in [-0.4, -0.2) is 73.3 Å². The highest BCUT2D eigenvalue weighted by atomic mass is 35.5. The number of piperidine rings is 1. The van der Waals surface area contributed by atoms with Crippen molar-refractivity contribution in [2.24, 2.45) is 0 Å². The summed E-state index contributed by atoms with van der Waals surface area (Å²) >= 11 is 5.87. The van der Waals surface area contributed by atoms with Gasteiger partial charge in [-0.05, 0) is 37.1 Å². The van der Waals surface area contributed by atoms with Gasteiger partial charge in [0.2, 0.25) is 5.95 Å². The number of benzene rings is 1. The molecule has 0 saturated carbocycles. The average molecular weight is 416 g/mol. The number of nitrogens with zero attached hydrogens (tertiary/aromatic N) is 5. The smallest absolute Gasteiger partial charge is 0.253 e. The monoisotopic (exact) mass is 415 g/mol. The third kappa shape index (κ3) is 4.62. The second-order valence-electron chi connectivity index (χ2n) is 7.48. The van der Waals surface area contributed by atoms with E-state index < -0.39 is 0 Å². The summed E-state index contributed by atoms with van der Waals surface area (Å²) in [5.74, 6) is 0.764. The first-order valence-corrected chi connectivity index (χ1v) is 10.4. The summed E-state index contributed by atoms with van der Waals surface area (Å²) in [5, 5.41) is 0.530. The standard InChI is InChI=1S/C21H26ClN5O2/c1-25(21-23-14-17(22)15-24-21)18-6-8-27(9-7-18)20(28)16-2-4-19(5-3-16)26-10-12-29-13-11-26/h2-5,14-15,18H,6-13H2,1H3. The zero-order valence-electron chi connectivity index (χ0n) is 16.6. The van der Waals surface area contributed by atoms with Crippen LogP contribution in [-0.2, 0) is 4.74 Å². The lowest BCUT2D eigenvalue weighted by Crippen LogP contribution is -2.46. The summed E-state index contributed by atoms with van der Waals surface area (Å²) in [5.41, 5.74) is 1.89. The van der Waals surface area contributed by atoms with Crippen LogP contribution in [0.5, 0.6) is 0 Å². The quantitative estimate of drug-likeness (QED) is 0.765. The molecule has 2 aliphatic heterocycles. The first-order valence-electron chi connectivity index (χ1n) is 10.0. The van der Waals surface area contributed by atoms with Gasteiger partial charge in [-0.25, -0.2) is 9.97 Å². The van der Waals surface area contributed by atoms with Gasteiger partial charge in [-0.1, -0.05) is 11.6 Å². The molecule has 0 radical (unpaired) electrons. The Bertz CT molecular complexity index is 816. The van der Waals surface area contributed by atoms with E-state index in [-0.39, 0.29) is 5.91 Å². The minimum Gasteiger partial charge on any atom is -0.378 e. The van der Waals surface area contributed by atoms with Gasteiger partial charge in [0.25, 0.3) is 5.91 Å². The van der Waals surface area contributed by atoms with Gasteiger partial charge in [-0.2, -0.15) is 0 Å². The van der Waals surface area contributed by atoms with E-state index >= 15 is 0 Å². The number of aromatic nitrogens is 2. The third-order valence-electron chi connectivity index (χ3n) is 5.71. The highest BCUT2D eigenvalue weighted by Crippen LogP contribution is 2.22. The van der Waals surface area contributed by atoms with Gasteiger partial charge in [0.1, 0.15) is 0 Å². The maximum atomic E-state index is 12.9. The number of carbonyl (C=O) groups excluding carboxylic acids is 1. The molecule has 1 amide bonds. The summed E-state index contributed by atoms with van der Waals surface area (Å²) in [6, 6.07) is 8.26. The molecule has 0 atom stereocenters. The first-order chi connectivity index (χ1) is 14.1. The number of carbonyl (C=O) groups is 1. The molecular weight excluding hydrogens is 390 g/mol. The van der Waals surface area contributed by atoms with E-state index in [4.69, 9.17) is 16.3 Å². The summed E-state index contributed by atoms with van der Waals surface area (Å²) in [6.45, 7) is 4.76. The van der Waals surface area contributed by atoms with E-state index in [0.29, 0.717) is 17.0 Å². The van der Waals surface area contributed by atoms with E-state index in [1.807, 2.05) is 36.2 Å². The Labute approximate surface area is 176 Å². The van der Waals surface area contributed by atoms with Gasteiger partial charge in [0.05, 0.1) is 30.6 Å². The highest BCUT2D eigenvalue weighted by molar-refractivity contribution is 6.30. The summed E-state index contributed by atoms with van der Waals surface area (Å²) in [4.78, 5) is 27.8. The Morgan fingerprint density at radius 3 is 2.31 bits per heavy atom. The van der Waals surface area contributed by atoms with E-state index in [2.05, 4.69) is 19.8 Å². The number of morpholine rings is 1. The van der Waals surface area contributed by atoms with Gasteiger partial charge < -0.3 is 19.4 Å². The molecular formula is C21H26ClN5O2. The van der Waals surface area contributed by atoms with Crippen LogP contribution in [0.1, 0.15) is 23.2 Å². The number of anilines is 2. The zero-order chi connectivity index (χ0) is 20.2. The van der Waals surface area contributed by atoms with Crippen molar-refractivity contribution in [3.8, 4) is 0 Å². The number of amides is 1. The maximum Gasteiger partial charge on any atom is 0.253 e. The van der Waals surface area contributed by atoms with Crippen molar-refractivity contribution in [2.75, 3.05) is 56.2 Å². The second-order valence-corrected chi connectivity index (χ2v) is 7.92. The number of halogens is 1. The molecule has 4 rings (SSSR count). The molecule has 29 heavy (non-hydrogen) atoms. The molecule has 1 aromatic carbocycles. The predicted octanol–water partition coefficient (Wildman–Crippen LogP) is 2.71. The Morgan fingerprint density at radius 2 is 1.69 bits per heavy atom. The lowest BCUT2D eigenvalue weighted by Gasteiger charge is -2.36. The Balaban J connectivity index is 1.33. The minimum absolute atomic E-state index is 0.0994. The summed E-state index contributed by atoms with van der Waals surface area (Å²) in [7, 11) is 2.00. The number of rotatable bonds is 4. The van der Waals surface area contributed by atoms with E-state index in [9.17, 15) is 4.79 Å². The molecule has 2 fully saturated rings. The molecule has 2 saturated heterocycles. The van der Waals surface area contributed by atoms with Crippen molar-refractivity contribution >= 4 is 29.1 Å². The fourth-order valence-corrected chi connectivity index (χ4v) is 4.02.